The summed E-state index contributed by atoms with van der Waals surface area (Å²) in [6, 6.07) is 3.83. The number of nitrogens with zero attached hydrogens (tertiary/aromatic N) is 3. The Labute approximate surface area is 256 Å². The standard InChI is InChI=1S/C30H43F3N4O5S/c1-5-37(19-22-8-7-21(14-28(38)40-6-2)13-27(22)42-20-39-3)26-10-9-24(30(31,32)33)15-23(26)16-34-29-35-17-25(18-36-29)41-11-12-43-4/h9-10,15,17-18,21-22,27H,5-8,11-14,16,19-20H2,1-4H3,(H,34,35,36)/t21-,22+,27-/m0/s1. The Morgan fingerprint density at radius 3 is 2.60 bits per heavy atom. The lowest BCUT2D eigenvalue weighted by Crippen LogP contribution is -2.41. The van der Waals surface area contributed by atoms with Crippen LogP contribution in [0.25, 0.3) is 0 Å². The Morgan fingerprint density at radius 2 is 1.95 bits per heavy atom. The summed E-state index contributed by atoms with van der Waals surface area (Å²) >= 11 is 1.66. The summed E-state index contributed by atoms with van der Waals surface area (Å²) in [6.45, 7) is 6.01. The van der Waals surface area contributed by atoms with Crippen molar-refractivity contribution in [3.8, 4) is 5.75 Å². The predicted molar refractivity (Wildman–Crippen MR) is 161 cm³/mol. The number of alkyl halides is 3. The molecule has 3 atom stereocenters. The minimum atomic E-state index is -4.48. The first kappa shape index (κ1) is 34.7. The highest BCUT2D eigenvalue weighted by Gasteiger charge is 2.35. The van der Waals surface area contributed by atoms with Crippen molar-refractivity contribution in [2.45, 2.75) is 58.4 Å². The first-order valence-corrected chi connectivity index (χ1v) is 16.0. The summed E-state index contributed by atoms with van der Waals surface area (Å²) < 4.78 is 63.0. The average Bonchev–Trinajstić information content (AvgIpc) is 2.99. The molecule has 43 heavy (non-hydrogen) atoms. The third-order valence-electron chi connectivity index (χ3n) is 7.40. The van der Waals surface area contributed by atoms with Gasteiger partial charge in [0.1, 0.15) is 6.79 Å². The zero-order chi connectivity index (χ0) is 31.2. The number of rotatable bonds is 17. The monoisotopic (exact) mass is 628 g/mol. The quantitative estimate of drug-likeness (QED) is 0.127. The van der Waals surface area contributed by atoms with Crippen LogP contribution in [0.15, 0.2) is 30.6 Å². The lowest BCUT2D eigenvalue weighted by atomic mass is 9.78. The van der Waals surface area contributed by atoms with Crippen LogP contribution in [-0.2, 0) is 31.7 Å². The second-order valence-electron chi connectivity index (χ2n) is 10.4. The molecule has 0 saturated heterocycles. The van der Waals surface area contributed by atoms with E-state index in [-0.39, 0.29) is 43.2 Å². The van der Waals surface area contributed by atoms with E-state index in [1.54, 1.807) is 38.2 Å². The van der Waals surface area contributed by atoms with Crippen LogP contribution >= 0.6 is 11.8 Å². The molecule has 1 saturated carbocycles. The van der Waals surface area contributed by atoms with Crippen LogP contribution in [0.4, 0.5) is 24.8 Å². The average molecular weight is 629 g/mol. The molecule has 1 heterocycles. The van der Waals surface area contributed by atoms with Gasteiger partial charge in [-0.3, -0.25) is 4.79 Å². The minimum Gasteiger partial charge on any atom is -0.489 e. The summed E-state index contributed by atoms with van der Waals surface area (Å²) in [5, 5.41) is 3.07. The predicted octanol–water partition coefficient (Wildman–Crippen LogP) is 6.03. The van der Waals surface area contributed by atoms with Crippen molar-refractivity contribution in [1.82, 2.24) is 9.97 Å². The molecular weight excluding hydrogens is 585 g/mol. The molecular formula is C30H43F3N4O5S. The maximum atomic E-state index is 13.7. The molecule has 0 bridgehead atoms. The maximum absolute atomic E-state index is 13.7. The molecule has 1 aromatic heterocycles. The van der Waals surface area contributed by atoms with Gasteiger partial charge in [0.2, 0.25) is 5.95 Å². The normalized spacial score (nSPS) is 18.7. The molecule has 1 N–H and O–H groups in total. The van der Waals surface area contributed by atoms with Gasteiger partial charge in [0.15, 0.2) is 5.75 Å². The number of hydrogen-bond acceptors (Lipinski definition) is 10. The third-order valence-corrected chi connectivity index (χ3v) is 7.98. The second kappa shape index (κ2) is 17.5. The number of thioether (sulfide) groups is 1. The van der Waals surface area contributed by atoms with Crippen LogP contribution in [0, 0.1) is 11.8 Å². The smallest absolute Gasteiger partial charge is 0.416 e. The minimum absolute atomic E-state index is 0.0956. The number of carbonyl (C=O) groups is 1. The van der Waals surface area contributed by atoms with Gasteiger partial charge >= 0.3 is 12.1 Å². The van der Waals surface area contributed by atoms with Crippen LogP contribution in [-0.4, -0.2) is 74.3 Å². The van der Waals surface area contributed by atoms with Crippen LogP contribution < -0.4 is 15.0 Å². The SMILES string of the molecule is CCOC(=O)C[C@H]1CC[C@H](CN(CC)c2ccc(C(F)(F)F)cc2CNc2ncc(OCCSC)cn2)[C@@H](OCOC)C1. The van der Waals surface area contributed by atoms with Crippen molar-refractivity contribution in [2.75, 3.05) is 62.4 Å². The van der Waals surface area contributed by atoms with Gasteiger partial charge in [-0.05, 0) is 69.0 Å². The number of methoxy groups -OCH3 is 1. The highest BCUT2D eigenvalue weighted by molar-refractivity contribution is 7.98. The molecule has 0 aliphatic heterocycles. The lowest BCUT2D eigenvalue weighted by Gasteiger charge is -2.39. The van der Waals surface area contributed by atoms with Crippen molar-refractivity contribution < 1.29 is 36.9 Å². The Hall–Kier alpha value is -2.77. The van der Waals surface area contributed by atoms with E-state index in [0.717, 1.165) is 24.7 Å². The number of carbonyl (C=O) groups excluding carboxylic acids is 1. The van der Waals surface area contributed by atoms with Gasteiger partial charge in [0, 0.05) is 50.5 Å². The largest absolute Gasteiger partial charge is 0.489 e. The molecule has 3 rings (SSSR count). The molecule has 0 unspecified atom stereocenters. The molecule has 1 aliphatic rings. The van der Waals surface area contributed by atoms with E-state index in [4.69, 9.17) is 18.9 Å². The number of hydrogen-bond donors (Lipinski definition) is 1. The molecule has 13 heteroatoms. The van der Waals surface area contributed by atoms with Gasteiger partial charge in [-0.2, -0.15) is 24.9 Å². The first-order chi connectivity index (χ1) is 20.7. The van der Waals surface area contributed by atoms with E-state index in [1.807, 2.05) is 13.2 Å². The molecule has 1 aromatic carbocycles. The van der Waals surface area contributed by atoms with Crippen LogP contribution in [0.3, 0.4) is 0 Å². The Kier molecular flexibility index (Phi) is 14.1. The highest BCUT2D eigenvalue weighted by atomic mass is 32.2. The molecule has 9 nitrogen and oxygen atoms in total. The van der Waals surface area contributed by atoms with E-state index in [0.29, 0.717) is 56.1 Å². The molecule has 0 spiro atoms. The fourth-order valence-electron chi connectivity index (χ4n) is 5.28. The topological polar surface area (TPSA) is 95.0 Å². The zero-order valence-electron chi connectivity index (χ0n) is 25.3. The number of halogens is 3. The zero-order valence-corrected chi connectivity index (χ0v) is 26.1. The summed E-state index contributed by atoms with van der Waals surface area (Å²) in [5.41, 5.74) is 0.452. The highest BCUT2D eigenvalue weighted by Crippen LogP contribution is 2.37. The Balaban J connectivity index is 1.77. The fraction of sp³-hybridized carbons (Fsp3) is 0.633. The van der Waals surface area contributed by atoms with E-state index in [2.05, 4.69) is 20.2 Å². The summed E-state index contributed by atoms with van der Waals surface area (Å²) in [4.78, 5) is 22.7. The molecule has 1 fully saturated rings. The molecule has 0 radical (unpaired) electrons. The number of benzene rings is 1. The van der Waals surface area contributed by atoms with E-state index >= 15 is 0 Å². The van der Waals surface area contributed by atoms with Gasteiger partial charge in [0.05, 0.1) is 37.3 Å². The van der Waals surface area contributed by atoms with Crippen molar-refractivity contribution >= 4 is 29.4 Å². The lowest BCUT2D eigenvalue weighted by molar-refractivity contribution is -0.146. The number of ether oxygens (including phenoxy) is 4. The number of esters is 1. The van der Waals surface area contributed by atoms with Crippen LogP contribution in [0.5, 0.6) is 5.75 Å². The summed E-state index contributed by atoms with van der Waals surface area (Å²) in [6.07, 6.45) is 3.09. The van der Waals surface area contributed by atoms with E-state index in [1.165, 1.54) is 12.1 Å². The van der Waals surface area contributed by atoms with Crippen LogP contribution in [0.1, 0.15) is 50.7 Å². The van der Waals surface area contributed by atoms with Gasteiger partial charge < -0.3 is 29.2 Å². The molecule has 2 aromatic rings. The summed E-state index contributed by atoms with van der Waals surface area (Å²) in [5.74, 6) is 1.67. The van der Waals surface area contributed by atoms with Crippen molar-refractivity contribution in [3.05, 3.63) is 41.7 Å². The maximum Gasteiger partial charge on any atom is 0.416 e. The third kappa shape index (κ3) is 11.0. The van der Waals surface area contributed by atoms with E-state index in [9.17, 15) is 18.0 Å². The number of anilines is 2. The van der Waals surface area contributed by atoms with Crippen molar-refractivity contribution in [1.29, 1.82) is 0 Å². The van der Waals surface area contributed by atoms with Gasteiger partial charge in [-0.15, -0.1) is 0 Å². The first-order valence-electron chi connectivity index (χ1n) is 14.6. The summed E-state index contributed by atoms with van der Waals surface area (Å²) in [7, 11) is 1.56. The number of nitrogens with one attached hydrogen (secondary N) is 1. The van der Waals surface area contributed by atoms with E-state index < -0.39 is 11.7 Å². The molecule has 1 aliphatic carbocycles. The Morgan fingerprint density at radius 1 is 1.19 bits per heavy atom. The fourth-order valence-corrected chi connectivity index (χ4v) is 5.53. The van der Waals surface area contributed by atoms with Crippen molar-refractivity contribution in [3.63, 3.8) is 0 Å². The molecule has 0 amide bonds. The van der Waals surface area contributed by atoms with Gasteiger partial charge in [-0.1, -0.05) is 0 Å². The molecule has 240 valence electrons. The Bertz CT molecular complexity index is 1130. The van der Waals surface area contributed by atoms with Gasteiger partial charge in [-0.25, -0.2) is 9.97 Å². The second-order valence-corrected chi connectivity index (χ2v) is 11.4. The number of aromatic nitrogens is 2. The van der Waals surface area contributed by atoms with Gasteiger partial charge in [0.25, 0.3) is 0 Å². The van der Waals surface area contributed by atoms with Crippen molar-refractivity contribution in [2.24, 2.45) is 11.8 Å². The van der Waals surface area contributed by atoms with Crippen LogP contribution in [0.2, 0.25) is 0 Å².